The van der Waals surface area contributed by atoms with Crippen molar-refractivity contribution in [3.8, 4) is 5.75 Å². The van der Waals surface area contributed by atoms with E-state index in [1.54, 1.807) is 19.1 Å². The van der Waals surface area contributed by atoms with Gasteiger partial charge in [-0.3, -0.25) is 9.59 Å². The van der Waals surface area contributed by atoms with Crippen LogP contribution in [0.25, 0.3) is 0 Å². The van der Waals surface area contributed by atoms with E-state index in [1.165, 1.54) is 17.0 Å². The molecule has 0 saturated carbocycles. The van der Waals surface area contributed by atoms with Crippen molar-refractivity contribution >= 4 is 11.9 Å². The lowest BCUT2D eigenvalue weighted by Crippen LogP contribution is -2.37. The molecule has 0 aliphatic heterocycles. The van der Waals surface area contributed by atoms with Crippen molar-refractivity contribution in [3.05, 3.63) is 29.8 Å². The van der Waals surface area contributed by atoms with Crippen LogP contribution in [0.4, 0.5) is 0 Å². The maximum absolute atomic E-state index is 12.0. The molecule has 0 radical (unpaired) electrons. The lowest BCUT2D eigenvalue weighted by molar-refractivity contribution is -0.148. The molecular weight excluding hydrogens is 246 g/mol. The molecule has 0 saturated heterocycles. The van der Waals surface area contributed by atoms with Crippen molar-refractivity contribution in [2.45, 2.75) is 20.3 Å². The standard InChI is InChI=1S/C14H19NO4/c1-3-15(10-14(18)19-4-2)13(17)9-11-5-7-12(16)8-6-11/h5-8,16H,3-4,9-10H2,1-2H3. The third kappa shape index (κ3) is 4.99. The summed E-state index contributed by atoms with van der Waals surface area (Å²) in [6, 6.07) is 6.44. The van der Waals surface area contributed by atoms with E-state index in [2.05, 4.69) is 0 Å². The number of esters is 1. The normalized spacial score (nSPS) is 10.0. The summed E-state index contributed by atoms with van der Waals surface area (Å²) < 4.78 is 4.82. The first kappa shape index (κ1) is 15.0. The zero-order valence-corrected chi connectivity index (χ0v) is 11.3. The fourth-order valence-corrected chi connectivity index (χ4v) is 1.64. The Morgan fingerprint density at radius 2 is 1.84 bits per heavy atom. The molecule has 0 spiro atoms. The van der Waals surface area contributed by atoms with Gasteiger partial charge in [-0.25, -0.2) is 0 Å². The summed E-state index contributed by atoms with van der Waals surface area (Å²) in [5.41, 5.74) is 0.796. The van der Waals surface area contributed by atoms with E-state index in [0.29, 0.717) is 13.2 Å². The van der Waals surface area contributed by atoms with E-state index in [9.17, 15) is 9.59 Å². The van der Waals surface area contributed by atoms with Gasteiger partial charge in [0.15, 0.2) is 0 Å². The number of hydrogen-bond donors (Lipinski definition) is 1. The largest absolute Gasteiger partial charge is 0.508 e. The molecule has 5 heteroatoms. The first-order chi connectivity index (χ1) is 9.06. The monoisotopic (exact) mass is 265 g/mol. The van der Waals surface area contributed by atoms with Crippen molar-refractivity contribution in [1.29, 1.82) is 0 Å². The molecule has 0 heterocycles. The first-order valence-electron chi connectivity index (χ1n) is 6.28. The summed E-state index contributed by atoms with van der Waals surface area (Å²) >= 11 is 0. The lowest BCUT2D eigenvalue weighted by Gasteiger charge is -2.19. The Bertz CT molecular complexity index is 428. The maximum Gasteiger partial charge on any atom is 0.325 e. The highest BCUT2D eigenvalue weighted by Gasteiger charge is 2.16. The number of carbonyl (C=O) groups is 2. The average Bonchev–Trinajstić information content (AvgIpc) is 2.39. The van der Waals surface area contributed by atoms with Crippen molar-refractivity contribution in [2.75, 3.05) is 19.7 Å². The van der Waals surface area contributed by atoms with Crippen molar-refractivity contribution < 1.29 is 19.4 Å². The molecular formula is C14H19NO4. The van der Waals surface area contributed by atoms with Gasteiger partial charge in [0.2, 0.25) is 5.91 Å². The van der Waals surface area contributed by atoms with Crippen LogP contribution in [0.3, 0.4) is 0 Å². The van der Waals surface area contributed by atoms with Crippen LogP contribution in [0, 0.1) is 0 Å². The van der Waals surface area contributed by atoms with Gasteiger partial charge in [0.05, 0.1) is 13.0 Å². The lowest BCUT2D eigenvalue weighted by atomic mass is 10.1. The van der Waals surface area contributed by atoms with Gasteiger partial charge >= 0.3 is 5.97 Å². The molecule has 1 N–H and O–H groups in total. The molecule has 0 bridgehead atoms. The third-order valence-corrected chi connectivity index (χ3v) is 2.65. The van der Waals surface area contributed by atoms with Gasteiger partial charge in [0, 0.05) is 6.54 Å². The second-order valence-electron chi connectivity index (χ2n) is 4.06. The molecule has 1 amide bonds. The molecule has 1 rings (SSSR count). The number of amides is 1. The van der Waals surface area contributed by atoms with Crippen LogP contribution in [0.15, 0.2) is 24.3 Å². The number of likely N-dealkylation sites (N-methyl/N-ethyl adjacent to an activating group) is 1. The van der Waals surface area contributed by atoms with Gasteiger partial charge < -0.3 is 14.7 Å². The van der Waals surface area contributed by atoms with Gasteiger partial charge in [0.1, 0.15) is 12.3 Å². The summed E-state index contributed by atoms with van der Waals surface area (Å²) in [7, 11) is 0. The van der Waals surface area contributed by atoms with Crippen molar-refractivity contribution in [2.24, 2.45) is 0 Å². The number of phenols is 1. The molecule has 19 heavy (non-hydrogen) atoms. The first-order valence-corrected chi connectivity index (χ1v) is 6.28. The van der Waals surface area contributed by atoms with Crippen LogP contribution in [0.5, 0.6) is 5.75 Å². The van der Waals surface area contributed by atoms with Crippen LogP contribution >= 0.6 is 0 Å². The number of ether oxygens (including phenoxy) is 1. The summed E-state index contributed by atoms with van der Waals surface area (Å²) in [5.74, 6) is -0.375. The Morgan fingerprint density at radius 3 is 2.37 bits per heavy atom. The average molecular weight is 265 g/mol. The van der Waals surface area contributed by atoms with Gasteiger partial charge in [-0.2, -0.15) is 0 Å². The molecule has 0 aliphatic carbocycles. The Hall–Kier alpha value is -2.04. The minimum absolute atomic E-state index is 0.0265. The van der Waals surface area contributed by atoms with Crippen LogP contribution in [0.2, 0.25) is 0 Å². The minimum atomic E-state index is -0.400. The quantitative estimate of drug-likeness (QED) is 0.788. The highest BCUT2D eigenvalue weighted by Crippen LogP contribution is 2.11. The highest BCUT2D eigenvalue weighted by atomic mass is 16.5. The number of benzene rings is 1. The Morgan fingerprint density at radius 1 is 1.21 bits per heavy atom. The molecule has 5 nitrogen and oxygen atoms in total. The van der Waals surface area contributed by atoms with Crippen molar-refractivity contribution in [3.63, 3.8) is 0 Å². The topological polar surface area (TPSA) is 66.8 Å². The number of phenolic OH excluding ortho intramolecular Hbond substituents is 1. The van der Waals surface area contributed by atoms with Gasteiger partial charge in [-0.05, 0) is 31.5 Å². The summed E-state index contributed by atoms with van der Waals surface area (Å²) in [6.45, 7) is 4.28. The van der Waals surface area contributed by atoms with Crippen molar-refractivity contribution in [1.82, 2.24) is 4.90 Å². The molecule has 1 aromatic carbocycles. The Kier molecular flexibility index (Phi) is 5.85. The summed E-state index contributed by atoms with van der Waals surface area (Å²) in [6.07, 6.45) is 0.202. The zero-order valence-electron chi connectivity index (χ0n) is 11.3. The van der Waals surface area contributed by atoms with Crippen LogP contribution in [0.1, 0.15) is 19.4 Å². The number of carbonyl (C=O) groups excluding carboxylic acids is 2. The molecule has 0 unspecified atom stereocenters. The molecule has 1 aromatic rings. The number of hydrogen-bond acceptors (Lipinski definition) is 4. The van der Waals surface area contributed by atoms with E-state index in [1.807, 2.05) is 6.92 Å². The van der Waals surface area contributed by atoms with Crippen LogP contribution in [-0.4, -0.2) is 41.6 Å². The minimum Gasteiger partial charge on any atom is -0.508 e. The Balaban J connectivity index is 2.58. The zero-order chi connectivity index (χ0) is 14.3. The smallest absolute Gasteiger partial charge is 0.325 e. The predicted molar refractivity (Wildman–Crippen MR) is 70.7 cm³/mol. The predicted octanol–water partition coefficient (Wildman–Crippen LogP) is 1.35. The van der Waals surface area contributed by atoms with Gasteiger partial charge in [-0.15, -0.1) is 0 Å². The van der Waals surface area contributed by atoms with Gasteiger partial charge in [-0.1, -0.05) is 12.1 Å². The van der Waals surface area contributed by atoms with E-state index in [4.69, 9.17) is 9.84 Å². The summed E-state index contributed by atoms with van der Waals surface area (Å²) in [5, 5.41) is 9.17. The van der Waals surface area contributed by atoms with E-state index < -0.39 is 5.97 Å². The Labute approximate surface area is 112 Å². The number of aromatic hydroxyl groups is 1. The molecule has 0 aliphatic rings. The highest BCUT2D eigenvalue weighted by molar-refractivity contribution is 5.83. The molecule has 0 atom stereocenters. The SMILES string of the molecule is CCOC(=O)CN(CC)C(=O)Cc1ccc(O)cc1. The molecule has 0 aromatic heterocycles. The maximum atomic E-state index is 12.0. The third-order valence-electron chi connectivity index (χ3n) is 2.65. The van der Waals surface area contributed by atoms with E-state index in [-0.39, 0.29) is 24.6 Å². The van der Waals surface area contributed by atoms with E-state index in [0.717, 1.165) is 5.56 Å². The van der Waals surface area contributed by atoms with Crippen LogP contribution < -0.4 is 0 Å². The second kappa shape index (κ2) is 7.41. The summed E-state index contributed by atoms with van der Waals surface area (Å²) in [4.78, 5) is 24.8. The number of rotatable bonds is 6. The van der Waals surface area contributed by atoms with Crippen LogP contribution in [-0.2, 0) is 20.7 Å². The van der Waals surface area contributed by atoms with E-state index >= 15 is 0 Å². The fourth-order valence-electron chi connectivity index (χ4n) is 1.64. The fraction of sp³-hybridized carbons (Fsp3) is 0.429. The van der Waals surface area contributed by atoms with Gasteiger partial charge in [0.25, 0.3) is 0 Å². The molecule has 104 valence electrons. The molecule has 0 fully saturated rings. The number of nitrogens with zero attached hydrogens (tertiary/aromatic N) is 1. The second-order valence-corrected chi connectivity index (χ2v) is 4.06.